The van der Waals surface area contributed by atoms with Gasteiger partial charge in [0.1, 0.15) is 0 Å². The van der Waals surface area contributed by atoms with E-state index in [2.05, 4.69) is 49.6 Å². The van der Waals surface area contributed by atoms with Crippen LogP contribution in [0.25, 0.3) is 12.2 Å². The topological polar surface area (TPSA) is 18.5 Å². The Morgan fingerprint density at radius 1 is 0.724 bits per heavy atom. The Hall–Kier alpha value is -2.64. The molecule has 0 aromatic heterocycles. The van der Waals surface area contributed by atoms with E-state index in [1.807, 2.05) is 60.7 Å². The first kappa shape index (κ1) is 19.7. The van der Waals surface area contributed by atoms with Crippen LogP contribution in [-0.4, -0.2) is 0 Å². The minimum absolute atomic E-state index is 0.832. The Labute approximate surface area is 178 Å². The number of allylic oxidation sites excluding steroid dienone is 8. The van der Waals surface area contributed by atoms with E-state index in [1.165, 1.54) is 6.56 Å². The van der Waals surface area contributed by atoms with E-state index in [1.54, 1.807) is 0 Å². The van der Waals surface area contributed by atoms with Gasteiger partial charge in [0, 0.05) is 0 Å². The SMILES string of the molecule is C=Cc1cccc([O][Zr]([O]c2cccc(C=C)c2)([C]2=CC=CC2)[C]2=CC=CC2)c1. The van der Waals surface area contributed by atoms with Crippen LogP contribution in [0.4, 0.5) is 0 Å². The average Bonchev–Trinajstić information content (AvgIpc) is 3.48. The summed E-state index contributed by atoms with van der Waals surface area (Å²) in [5, 5.41) is 0. The van der Waals surface area contributed by atoms with E-state index >= 15 is 0 Å². The van der Waals surface area contributed by atoms with Gasteiger partial charge >= 0.3 is 179 Å². The van der Waals surface area contributed by atoms with Crippen molar-refractivity contribution in [2.24, 2.45) is 0 Å². The van der Waals surface area contributed by atoms with Gasteiger partial charge in [-0.2, -0.15) is 0 Å². The van der Waals surface area contributed by atoms with Crippen molar-refractivity contribution in [3.05, 3.63) is 116 Å². The van der Waals surface area contributed by atoms with Crippen molar-refractivity contribution in [3.8, 4) is 11.5 Å². The number of hydrogen-bond acceptors (Lipinski definition) is 2. The zero-order valence-corrected chi connectivity index (χ0v) is 18.8. The molecule has 29 heavy (non-hydrogen) atoms. The zero-order valence-electron chi connectivity index (χ0n) is 16.4. The van der Waals surface area contributed by atoms with E-state index in [9.17, 15) is 0 Å². The predicted octanol–water partition coefficient (Wildman–Crippen LogP) is 7.10. The first-order chi connectivity index (χ1) is 14.2. The molecule has 2 aromatic carbocycles. The summed E-state index contributed by atoms with van der Waals surface area (Å²) < 4.78 is 16.3. The second kappa shape index (κ2) is 8.80. The third-order valence-electron chi connectivity index (χ3n) is 5.10. The van der Waals surface area contributed by atoms with Gasteiger partial charge in [-0.3, -0.25) is 0 Å². The van der Waals surface area contributed by atoms with E-state index in [4.69, 9.17) is 5.63 Å². The summed E-state index contributed by atoms with van der Waals surface area (Å²) in [5.41, 5.74) is 2.07. The van der Waals surface area contributed by atoms with Crippen molar-refractivity contribution in [1.82, 2.24) is 0 Å². The molecule has 0 unspecified atom stereocenters. The van der Waals surface area contributed by atoms with Crippen LogP contribution >= 0.6 is 0 Å². The first-order valence-corrected chi connectivity index (χ1v) is 14.3. The summed E-state index contributed by atoms with van der Waals surface area (Å²) in [6, 6.07) is 16.1. The van der Waals surface area contributed by atoms with Crippen LogP contribution in [0.2, 0.25) is 0 Å². The van der Waals surface area contributed by atoms with Crippen LogP contribution in [0.5, 0.6) is 11.5 Å². The molecule has 0 amide bonds. The first-order valence-electron chi connectivity index (χ1n) is 9.79. The van der Waals surface area contributed by atoms with Crippen molar-refractivity contribution in [3.63, 3.8) is 0 Å². The Morgan fingerprint density at radius 3 is 1.59 bits per heavy atom. The van der Waals surface area contributed by atoms with Gasteiger partial charge in [0.25, 0.3) is 0 Å². The summed E-state index contributed by atoms with van der Waals surface area (Å²) in [5.74, 6) is 1.66. The number of hydrogen-bond donors (Lipinski definition) is 0. The van der Waals surface area contributed by atoms with Crippen LogP contribution in [0.15, 0.2) is 105 Å². The maximum atomic E-state index is 6.89. The van der Waals surface area contributed by atoms with E-state index < -0.39 is 21.1 Å². The normalized spacial score (nSPS) is 15.0. The van der Waals surface area contributed by atoms with E-state index in [-0.39, 0.29) is 0 Å². The molecule has 0 aliphatic heterocycles. The monoisotopic (exact) mass is 458 g/mol. The molecule has 144 valence electrons. The molecule has 2 aromatic rings. The molecule has 2 aliphatic rings. The summed E-state index contributed by atoms with van der Waals surface area (Å²) in [4.78, 5) is 0. The van der Waals surface area contributed by atoms with Crippen LogP contribution in [0, 0.1) is 0 Å². The predicted molar refractivity (Wildman–Crippen MR) is 118 cm³/mol. The van der Waals surface area contributed by atoms with Crippen molar-refractivity contribution < 1.29 is 26.8 Å². The molecule has 2 aliphatic carbocycles. The van der Waals surface area contributed by atoms with Crippen molar-refractivity contribution in [2.75, 3.05) is 0 Å². The quantitative estimate of drug-likeness (QED) is 0.419. The number of rotatable bonds is 8. The fourth-order valence-corrected chi connectivity index (χ4v) is 11.7. The molecule has 0 radical (unpaired) electrons. The molecule has 0 N–H and O–H groups in total. The van der Waals surface area contributed by atoms with Gasteiger partial charge in [-0.1, -0.05) is 0 Å². The molecule has 0 fully saturated rings. The Bertz CT molecular complexity index is 970. The van der Waals surface area contributed by atoms with E-state index in [0.29, 0.717) is 0 Å². The molecule has 0 saturated carbocycles. The van der Waals surface area contributed by atoms with Crippen LogP contribution in [0.3, 0.4) is 0 Å². The second-order valence-corrected chi connectivity index (χ2v) is 14.2. The van der Waals surface area contributed by atoms with Gasteiger partial charge in [-0.15, -0.1) is 0 Å². The van der Waals surface area contributed by atoms with Crippen LogP contribution < -0.4 is 5.63 Å². The van der Waals surface area contributed by atoms with Crippen molar-refractivity contribution >= 4 is 12.2 Å². The molecular formula is C26H24O2Zr. The van der Waals surface area contributed by atoms with Crippen LogP contribution in [-0.2, 0) is 21.1 Å². The summed E-state index contributed by atoms with van der Waals surface area (Å²) in [6.45, 7) is 7.78. The molecule has 3 heteroatoms. The maximum absolute atomic E-state index is 6.89. The molecular weight excluding hydrogens is 436 g/mol. The molecule has 0 atom stereocenters. The van der Waals surface area contributed by atoms with Crippen LogP contribution in [0.1, 0.15) is 24.0 Å². The summed E-state index contributed by atoms with van der Waals surface area (Å²) in [7, 11) is 0. The molecule has 0 spiro atoms. The van der Waals surface area contributed by atoms with Gasteiger partial charge in [-0.05, 0) is 0 Å². The zero-order chi connectivity index (χ0) is 20.1. The third-order valence-corrected chi connectivity index (χ3v) is 13.6. The Balaban J connectivity index is 1.81. The van der Waals surface area contributed by atoms with E-state index in [0.717, 1.165) is 35.5 Å². The Kier molecular flexibility index (Phi) is 5.97. The molecule has 4 rings (SSSR count). The second-order valence-electron chi connectivity index (χ2n) is 7.02. The van der Waals surface area contributed by atoms with Gasteiger partial charge in [0.15, 0.2) is 0 Å². The molecule has 2 nitrogen and oxygen atoms in total. The molecule has 0 heterocycles. The van der Waals surface area contributed by atoms with Gasteiger partial charge < -0.3 is 0 Å². The summed E-state index contributed by atoms with van der Waals surface area (Å²) in [6.07, 6.45) is 18.4. The average molecular weight is 460 g/mol. The number of benzene rings is 2. The van der Waals surface area contributed by atoms with Crippen molar-refractivity contribution in [2.45, 2.75) is 12.8 Å². The third kappa shape index (κ3) is 4.21. The van der Waals surface area contributed by atoms with Gasteiger partial charge in [-0.25, -0.2) is 0 Å². The van der Waals surface area contributed by atoms with Crippen molar-refractivity contribution in [1.29, 1.82) is 0 Å². The fraction of sp³-hybridized carbons (Fsp3) is 0.0769. The summed E-state index contributed by atoms with van der Waals surface area (Å²) >= 11 is -3.94. The standard InChI is InChI=1S/2C8H8O.2C5H5.Zr/c2*1-2-7-4-3-5-8(9)6-7;2*1-2-4-5-3-1;/h2*2-6,9H,1H2;2*1-3H,4H2;/q;;;;+2/p-2. The van der Waals surface area contributed by atoms with Gasteiger partial charge in [0.2, 0.25) is 0 Å². The molecule has 0 saturated heterocycles. The Morgan fingerprint density at radius 2 is 1.21 bits per heavy atom. The molecule has 0 bridgehead atoms. The fourth-order valence-electron chi connectivity index (χ4n) is 3.61. The van der Waals surface area contributed by atoms with Gasteiger partial charge in [0.05, 0.1) is 0 Å². The minimum atomic E-state index is -3.94.